The molecule has 1 aromatic carbocycles. The zero-order valence-corrected chi connectivity index (χ0v) is 7.98. The average Bonchev–Trinajstić information content (AvgIpc) is 2.58. The first kappa shape index (κ1) is 9.39. The normalized spacial score (nSPS) is 14.9. The minimum Gasteiger partial charge on any atom is -0.497 e. The molecule has 5 nitrogen and oxygen atoms in total. The van der Waals surface area contributed by atoms with Crippen LogP contribution in [-0.2, 0) is 4.79 Å². The molecule has 0 bridgehead atoms. The van der Waals surface area contributed by atoms with Crippen LogP contribution in [0.25, 0.3) is 0 Å². The Kier molecular flexibility index (Phi) is 2.21. The highest BCUT2D eigenvalue weighted by atomic mass is 16.5. The molecule has 1 heterocycles. The van der Waals surface area contributed by atoms with Crippen LogP contribution in [-0.4, -0.2) is 24.8 Å². The van der Waals surface area contributed by atoms with Crippen molar-refractivity contribution in [3.8, 4) is 5.75 Å². The summed E-state index contributed by atoms with van der Waals surface area (Å²) in [7, 11) is 1.55. The molecule has 76 valence electrons. The van der Waals surface area contributed by atoms with Crippen LogP contribution in [0, 0.1) is 0 Å². The molecule has 0 unspecified atom stereocenters. The third-order valence-electron chi connectivity index (χ3n) is 2.01. The van der Waals surface area contributed by atoms with Crippen molar-refractivity contribution < 1.29 is 14.3 Å². The number of methoxy groups -OCH3 is 1. The van der Waals surface area contributed by atoms with E-state index in [9.17, 15) is 9.59 Å². The molecule has 3 amide bonds. The van der Waals surface area contributed by atoms with Gasteiger partial charge in [-0.05, 0) is 24.3 Å². The minimum absolute atomic E-state index is 0.141. The van der Waals surface area contributed by atoms with Crippen LogP contribution >= 0.6 is 0 Å². The monoisotopic (exact) mass is 204 g/mol. The second kappa shape index (κ2) is 3.53. The molecule has 1 aliphatic heterocycles. The summed E-state index contributed by atoms with van der Waals surface area (Å²) in [5, 5.41) is 2.08. The van der Waals surface area contributed by atoms with Crippen molar-refractivity contribution in [2.75, 3.05) is 7.11 Å². The number of nitrogens with one attached hydrogen (secondary N) is 1. The molecule has 2 rings (SSSR count). The Bertz CT molecular complexity index is 448. The number of benzene rings is 1. The Morgan fingerprint density at radius 1 is 1.20 bits per heavy atom. The Morgan fingerprint density at radius 2 is 1.87 bits per heavy atom. The van der Waals surface area contributed by atoms with Crippen LogP contribution in [0.5, 0.6) is 5.75 Å². The smallest absolute Gasteiger partial charge is 0.348 e. The van der Waals surface area contributed by atoms with E-state index in [-0.39, 0.29) is 5.71 Å². The number of aliphatic imine (C=N–C) groups is 1. The highest BCUT2D eigenvalue weighted by molar-refractivity contribution is 6.51. The molecular weight excluding hydrogens is 196 g/mol. The molecule has 5 heteroatoms. The van der Waals surface area contributed by atoms with Crippen molar-refractivity contribution >= 4 is 17.6 Å². The fraction of sp³-hybridized carbons (Fsp3) is 0.100. The fourth-order valence-electron chi connectivity index (χ4n) is 1.28. The number of nitrogens with zero attached hydrogens (tertiary/aromatic N) is 1. The predicted molar refractivity (Wildman–Crippen MR) is 53.1 cm³/mol. The molecular formula is C10H8N2O3. The number of hydrogen-bond acceptors (Lipinski definition) is 3. The van der Waals surface area contributed by atoms with E-state index in [0.717, 1.165) is 0 Å². The fourth-order valence-corrected chi connectivity index (χ4v) is 1.28. The molecule has 0 saturated carbocycles. The topological polar surface area (TPSA) is 67.8 Å². The highest BCUT2D eigenvalue weighted by Gasteiger charge is 2.23. The lowest BCUT2D eigenvalue weighted by Gasteiger charge is -2.00. The first-order valence-electron chi connectivity index (χ1n) is 4.29. The van der Waals surface area contributed by atoms with Crippen molar-refractivity contribution in [3.63, 3.8) is 0 Å². The Labute approximate surface area is 85.8 Å². The van der Waals surface area contributed by atoms with Gasteiger partial charge >= 0.3 is 6.03 Å². The van der Waals surface area contributed by atoms with Gasteiger partial charge in [0.1, 0.15) is 11.5 Å². The molecule has 0 aliphatic carbocycles. The van der Waals surface area contributed by atoms with Crippen LogP contribution in [0.15, 0.2) is 29.3 Å². The Balaban J connectivity index is 2.34. The summed E-state index contributed by atoms with van der Waals surface area (Å²) in [5.41, 5.74) is 0.738. The number of ether oxygens (including phenoxy) is 1. The standard InChI is InChI=1S/C10H8N2O3/c1-15-7-4-2-6(3-5-7)8-9(13)12-10(14)11-8/h2-5H,1H3,(H,12,13,14). The van der Waals surface area contributed by atoms with Gasteiger partial charge in [0, 0.05) is 5.56 Å². The second-order valence-electron chi connectivity index (χ2n) is 2.95. The molecule has 0 spiro atoms. The van der Waals surface area contributed by atoms with Gasteiger partial charge in [-0.15, -0.1) is 0 Å². The largest absolute Gasteiger partial charge is 0.497 e. The number of hydrogen-bond donors (Lipinski definition) is 1. The van der Waals surface area contributed by atoms with Gasteiger partial charge in [0.2, 0.25) is 0 Å². The summed E-state index contributed by atoms with van der Waals surface area (Å²) in [4.78, 5) is 25.6. The maximum atomic E-state index is 11.2. The van der Waals surface area contributed by atoms with E-state index in [1.807, 2.05) is 0 Å². The third kappa shape index (κ3) is 1.71. The molecule has 0 saturated heterocycles. The van der Waals surface area contributed by atoms with Crippen molar-refractivity contribution in [2.45, 2.75) is 0 Å². The van der Waals surface area contributed by atoms with Crippen LogP contribution < -0.4 is 10.1 Å². The van der Waals surface area contributed by atoms with Crippen LogP contribution in [0.4, 0.5) is 4.79 Å². The number of urea groups is 1. The van der Waals surface area contributed by atoms with E-state index in [0.29, 0.717) is 11.3 Å². The molecule has 0 atom stereocenters. The first-order chi connectivity index (χ1) is 7.20. The van der Waals surface area contributed by atoms with Crippen LogP contribution in [0.1, 0.15) is 5.56 Å². The van der Waals surface area contributed by atoms with Crippen molar-refractivity contribution in [3.05, 3.63) is 29.8 Å². The molecule has 0 aromatic heterocycles. The highest BCUT2D eigenvalue weighted by Crippen LogP contribution is 2.13. The van der Waals surface area contributed by atoms with Gasteiger partial charge in [-0.3, -0.25) is 10.1 Å². The summed E-state index contributed by atoms with van der Waals surface area (Å²) >= 11 is 0. The first-order valence-corrected chi connectivity index (χ1v) is 4.29. The molecule has 0 radical (unpaired) electrons. The molecule has 1 N–H and O–H groups in total. The molecule has 1 aromatic rings. The number of amides is 3. The van der Waals surface area contributed by atoms with Gasteiger partial charge in [0.25, 0.3) is 5.91 Å². The van der Waals surface area contributed by atoms with Gasteiger partial charge in [-0.25, -0.2) is 4.79 Å². The second-order valence-corrected chi connectivity index (χ2v) is 2.95. The minimum atomic E-state index is -0.620. The van der Waals surface area contributed by atoms with Gasteiger partial charge < -0.3 is 4.74 Å². The van der Waals surface area contributed by atoms with Gasteiger partial charge in [0.05, 0.1) is 7.11 Å². The van der Waals surface area contributed by atoms with E-state index in [4.69, 9.17) is 4.74 Å². The quantitative estimate of drug-likeness (QED) is 0.772. The average molecular weight is 204 g/mol. The van der Waals surface area contributed by atoms with Crippen molar-refractivity contribution in [1.82, 2.24) is 5.32 Å². The van der Waals surface area contributed by atoms with Crippen LogP contribution in [0.3, 0.4) is 0 Å². The van der Waals surface area contributed by atoms with E-state index in [2.05, 4.69) is 10.3 Å². The Hall–Kier alpha value is -2.17. The van der Waals surface area contributed by atoms with E-state index in [1.54, 1.807) is 31.4 Å². The number of imide groups is 1. The van der Waals surface area contributed by atoms with E-state index < -0.39 is 11.9 Å². The van der Waals surface area contributed by atoms with E-state index in [1.165, 1.54) is 0 Å². The maximum absolute atomic E-state index is 11.2. The number of carbonyl (C=O) groups excluding carboxylic acids is 2. The SMILES string of the molecule is COc1ccc(C2=NC(=O)NC2=O)cc1. The zero-order valence-electron chi connectivity index (χ0n) is 7.98. The summed E-state index contributed by atoms with van der Waals surface area (Å²) in [6, 6.07) is 6.14. The van der Waals surface area contributed by atoms with E-state index >= 15 is 0 Å². The predicted octanol–water partition coefficient (Wildman–Crippen LogP) is 0.734. The van der Waals surface area contributed by atoms with Gasteiger partial charge in [-0.2, -0.15) is 4.99 Å². The van der Waals surface area contributed by atoms with Crippen molar-refractivity contribution in [1.29, 1.82) is 0 Å². The molecule has 15 heavy (non-hydrogen) atoms. The Morgan fingerprint density at radius 3 is 2.33 bits per heavy atom. The zero-order chi connectivity index (χ0) is 10.8. The lowest BCUT2D eigenvalue weighted by molar-refractivity contribution is -0.113. The summed E-state index contributed by atoms with van der Waals surface area (Å²) in [6.07, 6.45) is 0. The lowest BCUT2D eigenvalue weighted by Crippen LogP contribution is -2.25. The maximum Gasteiger partial charge on any atom is 0.348 e. The molecule has 0 fully saturated rings. The van der Waals surface area contributed by atoms with Gasteiger partial charge in [-0.1, -0.05) is 0 Å². The summed E-state index contributed by atoms with van der Waals surface area (Å²) in [6.45, 7) is 0. The van der Waals surface area contributed by atoms with Crippen molar-refractivity contribution in [2.24, 2.45) is 4.99 Å². The number of rotatable bonds is 2. The lowest BCUT2D eigenvalue weighted by atomic mass is 10.1. The van der Waals surface area contributed by atoms with Gasteiger partial charge in [0.15, 0.2) is 0 Å². The third-order valence-corrected chi connectivity index (χ3v) is 2.01. The summed E-state index contributed by atoms with van der Waals surface area (Å²) in [5.74, 6) is 0.217. The number of carbonyl (C=O) groups is 2. The summed E-state index contributed by atoms with van der Waals surface area (Å²) < 4.78 is 4.97. The van der Waals surface area contributed by atoms with Crippen LogP contribution in [0.2, 0.25) is 0 Å². The molecule has 1 aliphatic rings.